The molecule has 1 aliphatic heterocycles. The van der Waals surface area contributed by atoms with Crippen molar-refractivity contribution in [2.24, 2.45) is 5.92 Å². The molecule has 0 aliphatic carbocycles. The molecule has 0 aromatic heterocycles. The topological polar surface area (TPSA) is 149 Å². The second kappa shape index (κ2) is 23.3. The van der Waals surface area contributed by atoms with Gasteiger partial charge in [0.1, 0.15) is 24.1 Å². The number of rotatable bonds is 25. The van der Waals surface area contributed by atoms with Gasteiger partial charge in [-0.2, -0.15) is 0 Å². The highest BCUT2D eigenvalue weighted by Crippen LogP contribution is 2.22. The lowest BCUT2D eigenvalue weighted by atomic mass is 9.90. The van der Waals surface area contributed by atoms with Crippen LogP contribution in [-0.2, 0) is 20.7 Å². The molecular weight excluding hydrogens is 574 g/mol. The molecule has 0 bridgehead atoms. The van der Waals surface area contributed by atoms with Gasteiger partial charge in [0.05, 0.1) is 25.4 Å². The first kappa shape index (κ1) is 39.2. The van der Waals surface area contributed by atoms with Crippen molar-refractivity contribution < 1.29 is 39.8 Å². The normalized spacial score (nSPS) is 21.1. The molecule has 7 atom stereocenters. The Hall–Kier alpha value is -2.01. The first-order valence-electron chi connectivity index (χ1n) is 17.4. The van der Waals surface area contributed by atoms with E-state index in [1.165, 1.54) is 56.9 Å². The number of ether oxygens (including phenoxy) is 2. The summed E-state index contributed by atoms with van der Waals surface area (Å²) >= 11 is 0. The predicted octanol–water partition coefficient (Wildman–Crippen LogP) is 5.48. The smallest absolute Gasteiger partial charge is 0.220 e. The lowest BCUT2D eigenvalue weighted by Gasteiger charge is -2.34. The monoisotopic (exact) mass is 635 g/mol. The summed E-state index contributed by atoms with van der Waals surface area (Å²) in [6, 6.07) is 9.26. The molecule has 1 heterocycles. The quantitative estimate of drug-likeness (QED) is 0.0774. The zero-order valence-corrected chi connectivity index (χ0v) is 27.7. The molecule has 9 heteroatoms. The summed E-state index contributed by atoms with van der Waals surface area (Å²) in [6.45, 7) is 3.39. The summed E-state index contributed by atoms with van der Waals surface area (Å²) in [4.78, 5) is 12.9. The molecule has 1 aromatic carbocycles. The third-order valence-corrected chi connectivity index (χ3v) is 8.77. The zero-order chi connectivity index (χ0) is 32.9. The van der Waals surface area contributed by atoms with Crippen LogP contribution in [0.5, 0.6) is 0 Å². The summed E-state index contributed by atoms with van der Waals surface area (Å²) in [5.74, 6) is -0.743. The molecule has 4 unspecified atom stereocenters. The Kier molecular flexibility index (Phi) is 20.3. The standard InChI is InChI=1S/C36H61NO8/c1-3-4-5-6-7-8-9-10-11-14-19-27(2)34(42)35(43)29(26-44-36-31(40)24-30(39)32(25-38)45-36)37-33(41)23-18-13-17-22-28-20-15-12-16-21-28/h12,15-16,20-21,24,27,29,31-32,34-36,38-40,42-43H,3-11,13-14,17-19,22-23,25-26H2,1-2H3,(H,37,41)/t27?,29-,31?,32?,34+,35-,36?/m0/s1. The van der Waals surface area contributed by atoms with E-state index in [1.807, 2.05) is 25.1 Å². The van der Waals surface area contributed by atoms with E-state index < -0.39 is 43.4 Å². The zero-order valence-electron chi connectivity index (χ0n) is 27.7. The highest BCUT2D eigenvalue weighted by atomic mass is 16.7. The van der Waals surface area contributed by atoms with Gasteiger partial charge in [0.2, 0.25) is 5.91 Å². The number of carbonyl (C=O) groups excluding carboxylic acids is 1. The fourth-order valence-electron chi connectivity index (χ4n) is 5.79. The Morgan fingerprint density at radius 2 is 1.53 bits per heavy atom. The molecule has 45 heavy (non-hydrogen) atoms. The van der Waals surface area contributed by atoms with Gasteiger partial charge in [-0.15, -0.1) is 0 Å². The number of hydrogen-bond donors (Lipinski definition) is 6. The number of hydrogen-bond acceptors (Lipinski definition) is 8. The van der Waals surface area contributed by atoms with Gasteiger partial charge in [-0.1, -0.05) is 115 Å². The van der Waals surface area contributed by atoms with Gasteiger partial charge in [0.25, 0.3) is 0 Å². The maximum atomic E-state index is 12.9. The van der Waals surface area contributed by atoms with Crippen molar-refractivity contribution in [2.75, 3.05) is 13.2 Å². The van der Waals surface area contributed by atoms with E-state index in [1.54, 1.807) is 0 Å². The molecule has 9 nitrogen and oxygen atoms in total. The van der Waals surface area contributed by atoms with Crippen LogP contribution < -0.4 is 5.32 Å². The van der Waals surface area contributed by atoms with Gasteiger partial charge in [-0.25, -0.2) is 0 Å². The van der Waals surface area contributed by atoms with Gasteiger partial charge >= 0.3 is 0 Å². The third kappa shape index (κ3) is 15.9. The molecule has 1 amide bonds. The molecule has 258 valence electrons. The van der Waals surface area contributed by atoms with Crippen LogP contribution in [0.3, 0.4) is 0 Å². The summed E-state index contributed by atoms with van der Waals surface area (Å²) in [5, 5.41) is 54.7. The van der Waals surface area contributed by atoms with Crippen LogP contribution in [0.15, 0.2) is 42.2 Å². The van der Waals surface area contributed by atoms with Crippen LogP contribution in [-0.4, -0.2) is 81.4 Å². The molecule has 0 spiro atoms. The first-order chi connectivity index (χ1) is 21.8. The van der Waals surface area contributed by atoms with E-state index in [0.717, 1.165) is 44.6 Å². The van der Waals surface area contributed by atoms with Crippen molar-refractivity contribution in [3.8, 4) is 0 Å². The van der Waals surface area contributed by atoms with Crippen molar-refractivity contribution in [3.63, 3.8) is 0 Å². The molecule has 2 rings (SSSR count). The minimum atomic E-state index is -1.30. The number of aliphatic hydroxyl groups excluding tert-OH is 5. The van der Waals surface area contributed by atoms with Gasteiger partial charge in [-0.3, -0.25) is 4.79 Å². The number of carbonyl (C=O) groups is 1. The number of unbranched alkanes of at least 4 members (excludes halogenated alkanes) is 11. The maximum Gasteiger partial charge on any atom is 0.220 e. The minimum Gasteiger partial charge on any atom is -0.510 e. The fraction of sp³-hybridized carbons (Fsp3) is 0.750. The summed E-state index contributed by atoms with van der Waals surface area (Å²) < 4.78 is 11.2. The molecule has 0 fully saturated rings. The molecular formula is C36H61NO8. The second-order valence-electron chi connectivity index (χ2n) is 12.7. The summed E-state index contributed by atoms with van der Waals surface area (Å²) in [7, 11) is 0. The van der Waals surface area contributed by atoms with Crippen LogP contribution in [0.1, 0.15) is 116 Å². The molecule has 0 saturated heterocycles. The summed E-state index contributed by atoms with van der Waals surface area (Å²) in [5.41, 5.74) is 1.27. The van der Waals surface area contributed by atoms with Crippen LogP contribution in [0, 0.1) is 5.92 Å². The van der Waals surface area contributed by atoms with E-state index in [-0.39, 0.29) is 30.6 Å². The Morgan fingerprint density at radius 1 is 0.911 bits per heavy atom. The lowest BCUT2D eigenvalue weighted by Crippen LogP contribution is -2.54. The van der Waals surface area contributed by atoms with Gasteiger partial charge in [0.15, 0.2) is 6.29 Å². The molecule has 0 saturated carbocycles. The van der Waals surface area contributed by atoms with E-state index >= 15 is 0 Å². The van der Waals surface area contributed by atoms with Crippen molar-refractivity contribution in [3.05, 3.63) is 47.7 Å². The Bertz CT molecular complexity index is 929. The van der Waals surface area contributed by atoms with Crippen molar-refractivity contribution in [2.45, 2.75) is 153 Å². The number of aliphatic hydroxyl groups is 5. The van der Waals surface area contributed by atoms with Crippen molar-refractivity contribution in [1.29, 1.82) is 0 Å². The maximum absolute atomic E-state index is 12.9. The van der Waals surface area contributed by atoms with Crippen molar-refractivity contribution in [1.82, 2.24) is 5.32 Å². The number of amides is 1. The Balaban J connectivity index is 1.84. The number of nitrogens with one attached hydrogen (secondary N) is 1. The lowest BCUT2D eigenvalue weighted by molar-refractivity contribution is -0.224. The van der Waals surface area contributed by atoms with Crippen molar-refractivity contribution >= 4 is 5.91 Å². The molecule has 0 radical (unpaired) electrons. The van der Waals surface area contributed by atoms with Crippen LogP contribution in [0.25, 0.3) is 0 Å². The van der Waals surface area contributed by atoms with E-state index in [2.05, 4.69) is 24.4 Å². The van der Waals surface area contributed by atoms with Crippen LogP contribution >= 0.6 is 0 Å². The fourth-order valence-corrected chi connectivity index (χ4v) is 5.79. The van der Waals surface area contributed by atoms with E-state index in [9.17, 15) is 30.3 Å². The van der Waals surface area contributed by atoms with Crippen LogP contribution in [0.4, 0.5) is 0 Å². The highest BCUT2D eigenvalue weighted by molar-refractivity contribution is 5.76. The summed E-state index contributed by atoms with van der Waals surface area (Å²) in [6.07, 6.45) is 11.9. The second-order valence-corrected chi connectivity index (χ2v) is 12.7. The minimum absolute atomic E-state index is 0.193. The predicted molar refractivity (Wildman–Crippen MR) is 177 cm³/mol. The van der Waals surface area contributed by atoms with Gasteiger partial charge in [-0.05, 0) is 43.2 Å². The Labute approximate surface area is 271 Å². The van der Waals surface area contributed by atoms with Gasteiger partial charge < -0.3 is 40.3 Å². The van der Waals surface area contributed by atoms with Gasteiger partial charge in [0, 0.05) is 6.42 Å². The average Bonchev–Trinajstić information content (AvgIpc) is 3.04. The SMILES string of the molecule is CCCCCCCCCCCCC(C)[C@@H](O)[C@@H](O)[C@H](COC1OC(CO)C(O)=CC1O)NC(=O)CCCCCc1ccccc1. The largest absolute Gasteiger partial charge is 0.510 e. The third-order valence-electron chi connectivity index (χ3n) is 8.77. The van der Waals surface area contributed by atoms with Crippen LogP contribution in [0.2, 0.25) is 0 Å². The Morgan fingerprint density at radius 3 is 2.18 bits per heavy atom. The number of aryl methyl sites for hydroxylation is 1. The van der Waals surface area contributed by atoms with E-state index in [0.29, 0.717) is 6.42 Å². The molecule has 1 aromatic rings. The molecule has 6 N–H and O–H groups in total. The highest BCUT2D eigenvalue weighted by Gasteiger charge is 2.35. The first-order valence-corrected chi connectivity index (χ1v) is 17.4. The number of benzene rings is 1. The van der Waals surface area contributed by atoms with E-state index in [4.69, 9.17) is 9.47 Å². The molecule has 1 aliphatic rings. The average molecular weight is 636 g/mol.